The molecule has 1 aromatic heterocycles. The zero-order valence-electron chi connectivity index (χ0n) is 8.23. The number of furan rings is 1. The van der Waals surface area contributed by atoms with Gasteiger partial charge in [0.25, 0.3) is 0 Å². The summed E-state index contributed by atoms with van der Waals surface area (Å²) in [6.45, 7) is 2.64. The van der Waals surface area contributed by atoms with Crippen molar-refractivity contribution in [3.63, 3.8) is 0 Å². The first-order valence-electron chi connectivity index (χ1n) is 5.00. The molecule has 0 spiro atoms. The van der Waals surface area contributed by atoms with Gasteiger partial charge in [-0.25, -0.2) is 0 Å². The second kappa shape index (κ2) is 4.13. The maximum Gasteiger partial charge on any atom is 0.117 e. The molecule has 0 saturated carbocycles. The van der Waals surface area contributed by atoms with Gasteiger partial charge in [0.05, 0.1) is 12.8 Å². The van der Waals surface area contributed by atoms with Gasteiger partial charge in [-0.2, -0.15) is 0 Å². The molecule has 4 heteroatoms. The standard InChI is InChI=1S/C10H17N3O/c11-8-4-9(12)6-13(5-8)7-10-2-1-3-14-10/h1-3,8-9H,4-7,11-12H2/t8-,9+. The first-order chi connectivity index (χ1) is 6.74. The summed E-state index contributed by atoms with van der Waals surface area (Å²) in [6, 6.07) is 4.28. The van der Waals surface area contributed by atoms with Gasteiger partial charge in [-0.05, 0) is 18.6 Å². The van der Waals surface area contributed by atoms with Gasteiger partial charge in [0.15, 0.2) is 0 Å². The Labute approximate surface area is 83.8 Å². The van der Waals surface area contributed by atoms with E-state index in [-0.39, 0.29) is 12.1 Å². The summed E-state index contributed by atoms with van der Waals surface area (Å²) in [7, 11) is 0. The zero-order chi connectivity index (χ0) is 9.97. The maximum atomic E-state index is 5.89. The molecule has 1 aliphatic heterocycles. The molecule has 1 fully saturated rings. The maximum absolute atomic E-state index is 5.89. The van der Waals surface area contributed by atoms with Crippen molar-refractivity contribution < 1.29 is 4.42 Å². The molecular formula is C10H17N3O. The van der Waals surface area contributed by atoms with Gasteiger partial charge in [-0.3, -0.25) is 4.90 Å². The highest BCUT2D eigenvalue weighted by Crippen LogP contribution is 2.12. The largest absolute Gasteiger partial charge is 0.468 e. The van der Waals surface area contributed by atoms with Gasteiger partial charge in [-0.1, -0.05) is 0 Å². The number of hydrogen-bond donors (Lipinski definition) is 2. The van der Waals surface area contributed by atoms with E-state index in [0.29, 0.717) is 0 Å². The van der Waals surface area contributed by atoms with Crippen LogP contribution in [0.4, 0.5) is 0 Å². The zero-order valence-corrected chi connectivity index (χ0v) is 8.23. The average Bonchev–Trinajstić information content (AvgIpc) is 2.54. The molecule has 1 aromatic rings. The molecule has 2 heterocycles. The van der Waals surface area contributed by atoms with Crippen LogP contribution in [-0.4, -0.2) is 30.1 Å². The molecule has 0 unspecified atom stereocenters. The monoisotopic (exact) mass is 195 g/mol. The summed E-state index contributed by atoms with van der Waals surface area (Å²) in [5.74, 6) is 0.978. The molecule has 0 amide bonds. The highest BCUT2D eigenvalue weighted by atomic mass is 16.3. The van der Waals surface area contributed by atoms with Gasteiger partial charge in [0, 0.05) is 25.2 Å². The van der Waals surface area contributed by atoms with Crippen molar-refractivity contribution in [3.05, 3.63) is 24.2 Å². The molecule has 1 aliphatic rings. The van der Waals surface area contributed by atoms with Gasteiger partial charge in [0.1, 0.15) is 5.76 Å². The minimum Gasteiger partial charge on any atom is -0.468 e. The Morgan fingerprint density at radius 2 is 2.07 bits per heavy atom. The van der Waals surface area contributed by atoms with E-state index in [9.17, 15) is 0 Å². The Morgan fingerprint density at radius 1 is 1.36 bits per heavy atom. The molecule has 0 bridgehead atoms. The van der Waals surface area contributed by atoms with Crippen LogP contribution in [0.25, 0.3) is 0 Å². The number of rotatable bonds is 2. The minimum absolute atomic E-state index is 0.203. The molecule has 78 valence electrons. The van der Waals surface area contributed by atoms with Gasteiger partial charge >= 0.3 is 0 Å². The van der Waals surface area contributed by atoms with E-state index >= 15 is 0 Å². The van der Waals surface area contributed by atoms with Crippen molar-refractivity contribution in [2.45, 2.75) is 25.0 Å². The van der Waals surface area contributed by atoms with Gasteiger partial charge in [-0.15, -0.1) is 0 Å². The van der Waals surface area contributed by atoms with Crippen LogP contribution < -0.4 is 11.5 Å². The number of piperidine rings is 1. The predicted molar refractivity (Wildman–Crippen MR) is 54.6 cm³/mol. The second-order valence-corrected chi connectivity index (χ2v) is 4.03. The summed E-state index contributed by atoms with van der Waals surface area (Å²) in [5.41, 5.74) is 11.8. The van der Waals surface area contributed by atoms with Crippen molar-refractivity contribution in [1.29, 1.82) is 0 Å². The molecule has 4 nitrogen and oxygen atoms in total. The lowest BCUT2D eigenvalue weighted by atomic mass is 10.0. The smallest absolute Gasteiger partial charge is 0.117 e. The van der Waals surface area contributed by atoms with E-state index in [2.05, 4.69) is 4.90 Å². The van der Waals surface area contributed by atoms with E-state index in [0.717, 1.165) is 31.8 Å². The van der Waals surface area contributed by atoms with E-state index in [1.54, 1.807) is 6.26 Å². The fourth-order valence-corrected chi connectivity index (χ4v) is 2.03. The van der Waals surface area contributed by atoms with E-state index < -0.39 is 0 Å². The summed E-state index contributed by atoms with van der Waals surface area (Å²) in [5, 5.41) is 0. The van der Waals surface area contributed by atoms with Gasteiger partial charge < -0.3 is 15.9 Å². The highest BCUT2D eigenvalue weighted by Gasteiger charge is 2.22. The fourth-order valence-electron chi connectivity index (χ4n) is 2.03. The van der Waals surface area contributed by atoms with Crippen LogP contribution in [0, 0.1) is 0 Å². The van der Waals surface area contributed by atoms with E-state index in [1.807, 2.05) is 12.1 Å². The summed E-state index contributed by atoms with van der Waals surface area (Å²) in [4.78, 5) is 2.25. The topological polar surface area (TPSA) is 68.4 Å². The lowest BCUT2D eigenvalue weighted by molar-refractivity contribution is 0.171. The summed E-state index contributed by atoms with van der Waals surface area (Å²) in [6.07, 6.45) is 2.62. The Hall–Kier alpha value is -0.840. The van der Waals surface area contributed by atoms with Gasteiger partial charge in [0.2, 0.25) is 0 Å². The molecular weight excluding hydrogens is 178 g/mol. The third-order valence-corrected chi connectivity index (χ3v) is 2.55. The van der Waals surface area contributed by atoms with Crippen molar-refractivity contribution in [1.82, 2.24) is 4.90 Å². The third kappa shape index (κ3) is 2.35. The molecule has 14 heavy (non-hydrogen) atoms. The van der Waals surface area contributed by atoms with Crippen LogP contribution in [0.2, 0.25) is 0 Å². The number of nitrogens with two attached hydrogens (primary N) is 2. The van der Waals surface area contributed by atoms with Crippen molar-refractivity contribution in [2.75, 3.05) is 13.1 Å². The van der Waals surface area contributed by atoms with Crippen LogP contribution in [0.1, 0.15) is 12.2 Å². The SMILES string of the molecule is N[C@@H]1C[C@H](N)CN(Cc2ccco2)C1. The predicted octanol–water partition coefficient (Wildman–Crippen LogP) is 0.140. The van der Waals surface area contributed by atoms with Crippen molar-refractivity contribution in [3.8, 4) is 0 Å². The Balaban J connectivity index is 1.91. The lowest BCUT2D eigenvalue weighted by Crippen LogP contribution is -2.51. The Morgan fingerprint density at radius 3 is 2.64 bits per heavy atom. The quantitative estimate of drug-likeness (QED) is 0.704. The van der Waals surface area contributed by atoms with E-state index in [1.165, 1.54) is 0 Å². The summed E-state index contributed by atoms with van der Waals surface area (Å²) < 4.78 is 5.28. The highest BCUT2D eigenvalue weighted by molar-refractivity contribution is 4.99. The molecule has 4 N–H and O–H groups in total. The molecule has 2 atom stereocenters. The summed E-state index contributed by atoms with van der Waals surface area (Å²) >= 11 is 0. The Bertz CT molecular complexity index is 263. The van der Waals surface area contributed by atoms with Crippen molar-refractivity contribution >= 4 is 0 Å². The molecule has 2 rings (SSSR count). The number of hydrogen-bond acceptors (Lipinski definition) is 4. The molecule has 0 radical (unpaired) electrons. The third-order valence-electron chi connectivity index (χ3n) is 2.55. The average molecular weight is 195 g/mol. The second-order valence-electron chi connectivity index (χ2n) is 4.03. The van der Waals surface area contributed by atoms with E-state index in [4.69, 9.17) is 15.9 Å². The number of nitrogens with zero attached hydrogens (tertiary/aromatic N) is 1. The first-order valence-corrected chi connectivity index (χ1v) is 5.00. The normalized spacial score (nSPS) is 29.3. The lowest BCUT2D eigenvalue weighted by Gasteiger charge is -2.33. The van der Waals surface area contributed by atoms with Crippen LogP contribution in [0.5, 0.6) is 0 Å². The van der Waals surface area contributed by atoms with Crippen LogP contribution in [0.3, 0.4) is 0 Å². The van der Waals surface area contributed by atoms with Crippen LogP contribution in [0.15, 0.2) is 22.8 Å². The molecule has 0 aromatic carbocycles. The van der Waals surface area contributed by atoms with Crippen LogP contribution in [-0.2, 0) is 6.54 Å². The fraction of sp³-hybridized carbons (Fsp3) is 0.600. The van der Waals surface area contributed by atoms with Crippen LogP contribution >= 0.6 is 0 Å². The molecule has 0 aliphatic carbocycles. The molecule has 1 saturated heterocycles. The minimum atomic E-state index is 0.203. The first kappa shape index (κ1) is 9.71. The Kier molecular flexibility index (Phi) is 2.86. The number of likely N-dealkylation sites (tertiary alicyclic amines) is 1. The van der Waals surface area contributed by atoms with Crippen molar-refractivity contribution in [2.24, 2.45) is 11.5 Å².